The Balaban J connectivity index is 2.18. The first-order valence-corrected chi connectivity index (χ1v) is 6.72. The Morgan fingerprint density at radius 1 is 1.55 bits per heavy atom. The van der Waals surface area contributed by atoms with Crippen molar-refractivity contribution in [3.63, 3.8) is 0 Å². The van der Waals surface area contributed by atoms with Crippen LogP contribution in [0.5, 0.6) is 0 Å². The van der Waals surface area contributed by atoms with E-state index in [1.807, 2.05) is 6.07 Å². The van der Waals surface area contributed by atoms with Gasteiger partial charge in [0.15, 0.2) is 5.15 Å². The average Bonchev–Trinajstić information content (AvgIpc) is 2.89. The van der Waals surface area contributed by atoms with E-state index in [4.69, 9.17) is 23.2 Å². The van der Waals surface area contributed by atoms with E-state index >= 15 is 0 Å². The lowest BCUT2D eigenvalue weighted by atomic mass is 10.4. The molecule has 2 rings (SSSR count). The normalized spacial score (nSPS) is 10.9. The molecular formula is C13H16ClN7O. The first kappa shape index (κ1) is 15.8. The molecule has 1 amide bonds. The monoisotopic (exact) mass is 321 g/mol. The molecule has 116 valence electrons. The number of carbonyl (C=O) groups excluding carboxylic acids is 1. The number of rotatable bonds is 5. The van der Waals surface area contributed by atoms with Crippen LogP contribution in [-0.4, -0.2) is 39.3 Å². The van der Waals surface area contributed by atoms with Crippen LogP contribution in [0, 0.1) is 0 Å². The van der Waals surface area contributed by atoms with Gasteiger partial charge in [-0.05, 0) is 12.1 Å². The van der Waals surface area contributed by atoms with Crippen molar-refractivity contribution in [2.45, 2.75) is 0 Å². The molecule has 0 aliphatic heterocycles. The van der Waals surface area contributed by atoms with Crippen LogP contribution in [-0.2, 0) is 4.79 Å². The minimum atomic E-state index is -0.256. The van der Waals surface area contributed by atoms with Gasteiger partial charge in [-0.25, -0.2) is 10.5 Å². The zero-order chi connectivity index (χ0) is 16.1. The lowest BCUT2D eigenvalue weighted by molar-refractivity contribution is -0.118. The van der Waals surface area contributed by atoms with E-state index in [-0.39, 0.29) is 17.6 Å². The molecule has 0 saturated heterocycles. The van der Waals surface area contributed by atoms with E-state index in [0.717, 1.165) is 5.69 Å². The molecule has 0 aromatic carbocycles. The molecule has 4 N–H and O–H groups in total. The molecule has 0 aliphatic rings. The molecule has 22 heavy (non-hydrogen) atoms. The molecule has 0 aliphatic carbocycles. The summed E-state index contributed by atoms with van der Waals surface area (Å²) >= 11 is 6.11. The molecule has 2 aromatic rings. The number of hydrogen-bond acceptors (Lipinski definition) is 6. The number of hydrazine groups is 1. The second kappa shape index (κ2) is 6.92. The van der Waals surface area contributed by atoms with E-state index in [0.29, 0.717) is 5.69 Å². The maximum atomic E-state index is 12.1. The highest BCUT2D eigenvalue weighted by molar-refractivity contribution is 6.32. The molecule has 0 bridgehead atoms. The van der Waals surface area contributed by atoms with Gasteiger partial charge in [-0.15, -0.1) is 0 Å². The molecule has 9 heteroatoms. The fourth-order valence-corrected chi connectivity index (χ4v) is 2.01. The van der Waals surface area contributed by atoms with Crippen LogP contribution in [0.15, 0.2) is 43.1 Å². The van der Waals surface area contributed by atoms with Crippen LogP contribution in [0.3, 0.4) is 0 Å². The lowest BCUT2D eigenvalue weighted by Crippen LogP contribution is -2.39. The number of pyridine rings is 1. The Hall–Kier alpha value is -2.58. The summed E-state index contributed by atoms with van der Waals surface area (Å²) in [7, 11) is 1.60. The number of carbonyl (C=O) groups is 1. The molecule has 2 heterocycles. The van der Waals surface area contributed by atoms with Gasteiger partial charge in [0.1, 0.15) is 12.2 Å². The highest BCUT2D eigenvalue weighted by Crippen LogP contribution is 2.25. The van der Waals surface area contributed by atoms with Crippen LogP contribution in [0.4, 0.5) is 5.69 Å². The zero-order valence-corrected chi connectivity index (χ0v) is 12.7. The Bertz CT molecular complexity index is 670. The van der Waals surface area contributed by atoms with Gasteiger partial charge in [-0.1, -0.05) is 11.6 Å². The number of hydrogen-bond donors (Lipinski definition) is 2. The first-order chi connectivity index (χ1) is 10.5. The maximum absolute atomic E-state index is 12.1. The van der Waals surface area contributed by atoms with Gasteiger partial charge >= 0.3 is 0 Å². The number of nitrogens with zero attached hydrogens (tertiary/aromatic N) is 5. The van der Waals surface area contributed by atoms with Crippen molar-refractivity contribution >= 4 is 23.2 Å². The van der Waals surface area contributed by atoms with Crippen molar-refractivity contribution in [2.75, 3.05) is 18.5 Å². The van der Waals surface area contributed by atoms with Crippen LogP contribution >= 0.6 is 11.6 Å². The first-order valence-electron chi connectivity index (χ1n) is 6.34. The third-order valence-electron chi connectivity index (χ3n) is 2.89. The fourth-order valence-electron chi connectivity index (χ4n) is 1.75. The minimum absolute atomic E-state index is 0.0431. The number of amides is 1. The number of likely N-dealkylation sites (N-methyl/N-ethyl adjacent to an activating group) is 1. The second-order valence-corrected chi connectivity index (χ2v) is 4.79. The highest BCUT2D eigenvalue weighted by atomic mass is 35.5. The standard InChI is InChI=1S/C13H16ClN7O/c1-19(12(22)9-20(16)6-4-15)11-8-21(18-13(11)14)10-3-2-5-17-7-10/h2-8H,9,15-16H2,1H3/b6-4-. The molecular weight excluding hydrogens is 306 g/mol. The molecule has 0 atom stereocenters. The van der Waals surface area contributed by atoms with Crippen LogP contribution < -0.4 is 16.5 Å². The Kier molecular flexibility index (Phi) is 4.97. The lowest BCUT2D eigenvalue weighted by Gasteiger charge is -2.19. The molecule has 0 unspecified atom stereocenters. The number of nitrogens with two attached hydrogens (primary N) is 2. The van der Waals surface area contributed by atoms with Gasteiger partial charge < -0.3 is 15.6 Å². The zero-order valence-electron chi connectivity index (χ0n) is 11.9. The van der Waals surface area contributed by atoms with Gasteiger partial charge in [0.25, 0.3) is 0 Å². The molecule has 8 nitrogen and oxygen atoms in total. The van der Waals surface area contributed by atoms with Crippen molar-refractivity contribution in [1.29, 1.82) is 0 Å². The predicted molar refractivity (Wildman–Crippen MR) is 84.0 cm³/mol. The van der Waals surface area contributed by atoms with E-state index < -0.39 is 0 Å². The summed E-state index contributed by atoms with van der Waals surface area (Å²) in [6.45, 7) is -0.0431. The molecule has 0 spiro atoms. The van der Waals surface area contributed by atoms with E-state index in [1.165, 1.54) is 22.3 Å². The summed E-state index contributed by atoms with van der Waals surface area (Å²) in [5.74, 6) is 5.34. The average molecular weight is 322 g/mol. The summed E-state index contributed by atoms with van der Waals surface area (Å²) < 4.78 is 1.55. The smallest absolute Gasteiger partial charge is 0.247 e. The molecule has 0 fully saturated rings. The summed E-state index contributed by atoms with van der Waals surface area (Å²) in [6.07, 6.45) is 7.60. The van der Waals surface area contributed by atoms with Crippen LogP contribution in [0.2, 0.25) is 5.15 Å². The number of halogens is 1. The quantitative estimate of drug-likeness (QED) is 0.613. The van der Waals surface area contributed by atoms with Crippen molar-refractivity contribution in [2.24, 2.45) is 11.6 Å². The Morgan fingerprint density at radius 2 is 2.32 bits per heavy atom. The largest absolute Gasteiger partial charge is 0.403 e. The SMILES string of the molecule is CN(C(=O)CN(N)/C=C\N)c1cn(-c2cccnc2)nc1Cl. The van der Waals surface area contributed by atoms with Gasteiger partial charge in [0, 0.05) is 25.6 Å². The van der Waals surface area contributed by atoms with Crippen LogP contribution in [0.1, 0.15) is 0 Å². The van der Waals surface area contributed by atoms with Crippen LogP contribution in [0.25, 0.3) is 5.69 Å². The Morgan fingerprint density at radius 3 is 2.95 bits per heavy atom. The van der Waals surface area contributed by atoms with Crippen molar-refractivity contribution < 1.29 is 4.79 Å². The van der Waals surface area contributed by atoms with Crippen molar-refractivity contribution in [3.8, 4) is 5.69 Å². The Labute approximate surface area is 132 Å². The molecule has 2 aromatic heterocycles. The second-order valence-electron chi connectivity index (χ2n) is 4.43. The van der Waals surface area contributed by atoms with Crippen molar-refractivity contribution in [3.05, 3.63) is 48.3 Å². The minimum Gasteiger partial charge on any atom is -0.403 e. The van der Waals surface area contributed by atoms with E-state index in [1.54, 1.807) is 36.4 Å². The number of anilines is 1. The van der Waals surface area contributed by atoms with E-state index in [9.17, 15) is 4.79 Å². The summed E-state index contributed by atoms with van der Waals surface area (Å²) in [5, 5.41) is 5.55. The van der Waals surface area contributed by atoms with E-state index in [2.05, 4.69) is 10.1 Å². The third kappa shape index (κ3) is 3.54. The van der Waals surface area contributed by atoms with Gasteiger partial charge in [-0.2, -0.15) is 5.10 Å². The maximum Gasteiger partial charge on any atom is 0.247 e. The van der Waals surface area contributed by atoms with Crippen molar-refractivity contribution in [1.82, 2.24) is 19.8 Å². The van der Waals surface area contributed by atoms with Gasteiger partial charge in [0.2, 0.25) is 5.91 Å². The molecule has 0 saturated carbocycles. The number of aromatic nitrogens is 3. The predicted octanol–water partition coefficient (Wildman–Crippen LogP) is 0.489. The summed E-state index contributed by atoms with van der Waals surface area (Å²) in [4.78, 5) is 17.5. The third-order valence-corrected chi connectivity index (χ3v) is 3.16. The summed E-state index contributed by atoms with van der Waals surface area (Å²) in [6, 6.07) is 3.61. The highest BCUT2D eigenvalue weighted by Gasteiger charge is 2.18. The molecule has 0 radical (unpaired) electrons. The van der Waals surface area contributed by atoms with Gasteiger partial charge in [0.05, 0.1) is 18.1 Å². The summed E-state index contributed by atoms with van der Waals surface area (Å²) in [5.41, 5.74) is 6.43. The van der Waals surface area contributed by atoms with Gasteiger partial charge in [-0.3, -0.25) is 9.78 Å². The topological polar surface area (TPSA) is 106 Å². The fraction of sp³-hybridized carbons (Fsp3) is 0.154.